The maximum Gasteiger partial charge on any atom is 0.306 e. The van der Waals surface area contributed by atoms with Gasteiger partial charge in [-0.3, -0.25) is 14.4 Å². The molecule has 0 amide bonds. The molecule has 0 rings (SSSR count). The number of hydrogen-bond donors (Lipinski definition) is 0. The van der Waals surface area contributed by atoms with Crippen LogP contribution in [0.5, 0.6) is 0 Å². The van der Waals surface area contributed by atoms with Crippen molar-refractivity contribution in [3.8, 4) is 0 Å². The van der Waals surface area contributed by atoms with E-state index in [-0.39, 0.29) is 31.1 Å². The quantitative estimate of drug-likeness (QED) is 0.0347. The Hall–Kier alpha value is -1.59. The van der Waals surface area contributed by atoms with Crippen LogP contribution in [0, 0.1) is 5.92 Å². The van der Waals surface area contributed by atoms with Gasteiger partial charge < -0.3 is 14.2 Å². The number of carbonyl (C=O) groups is 3. The molecule has 1 atom stereocenters. The average molecular weight is 793 g/mol. The SMILES string of the molecule is CCCCCCCCCCCCCCCC(=O)O[C@H](COC(=O)CCCCCCCCCCCCC)COC(=O)CCCCCCCCCCCCCC(C)C. The minimum absolute atomic E-state index is 0.0631. The van der Waals surface area contributed by atoms with Crippen LogP contribution >= 0.6 is 0 Å². The summed E-state index contributed by atoms with van der Waals surface area (Å²) >= 11 is 0. The number of hydrogen-bond acceptors (Lipinski definition) is 6. The molecule has 6 nitrogen and oxygen atoms in total. The van der Waals surface area contributed by atoms with E-state index < -0.39 is 6.10 Å². The van der Waals surface area contributed by atoms with Crippen LogP contribution in [0.3, 0.4) is 0 Å². The van der Waals surface area contributed by atoms with E-state index in [4.69, 9.17) is 14.2 Å². The number of unbranched alkanes of at least 4 members (excludes halogenated alkanes) is 32. The summed E-state index contributed by atoms with van der Waals surface area (Å²) in [6.07, 6.45) is 45.1. The van der Waals surface area contributed by atoms with Gasteiger partial charge in [0.05, 0.1) is 0 Å². The zero-order chi connectivity index (χ0) is 41.0. The van der Waals surface area contributed by atoms with Gasteiger partial charge in [-0.15, -0.1) is 0 Å². The fourth-order valence-electron chi connectivity index (χ4n) is 7.51. The van der Waals surface area contributed by atoms with Gasteiger partial charge in [-0.05, 0) is 25.2 Å². The minimum atomic E-state index is -0.759. The summed E-state index contributed by atoms with van der Waals surface area (Å²) < 4.78 is 16.8. The average Bonchev–Trinajstić information content (AvgIpc) is 3.18. The molecule has 0 saturated heterocycles. The highest BCUT2D eigenvalue weighted by molar-refractivity contribution is 5.71. The smallest absolute Gasteiger partial charge is 0.306 e. The molecule has 0 aromatic carbocycles. The summed E-state index contributed by atoms with van der Waals surface area (Å²) in [5, 5.41) is 0. The standard InChI is InChI=1S/C50H96O6/c1-5-7-9-11-13-15-17-18-22-27-31-35-39-43-50(53)56-47(44-54-48(51)41-37-33-29-25-20-16-14-12-10-8-6-2)45-55-49(52)42-38-34-30-26-23-19-21-24-28-32-36-40-46(3)4/h46-47H,5-45H2,1-4H3/t47-/m1/s1. The lowest BCUT2D eigenvalue weighted by Crippen LogP contribution is -2.30. The molecule has 0 spiro atoms. The highest BCUT2D eigenvalue weighted by atomic mass is 16.6. The molecule has 0 aliphatic rings. The Morgan fingerprint density at radius 1 is 0.339 bits per heavy atom. The Kier molecular flexibility index (Phi) is 43.2. The molecule has 0 aliphatic carbocycles. The van der Waals surface area contributed by atoms with Gasteiger partial charge in [0.25, 0.3) is 0 Å². The Morgan fingerprint density at radius 3 is 0.875 bits per heavy atom. The second-order valence-electron chi connectivity index (χ2n) is 17.6. The van der Waals surface area contributed by atoms with E-state index in [1.54, 1.807) is 0 Å². The Balaban J connectivity index is 4.31. The lowest BCUT2D eigenvalue weighted by Gasteiger charge is -2.18. The first-order valence-electron chi connectivity index (χ1n) is 24.9. The zero-order valence-corrected chi connectivity index (χ0v) is 38.1. The van der Waals surface area contributed by atoms with E-state index in [2.05, 4.69) is 27.7 Å². The molecule has 0 heterocycles. The number of esters is 3. The second kappa shape index (κ2) is 44.5. The molecule has 0 radical (unpaired) electrons. The highest BCUT2D eigenvalue weighted by Crippen LogP contribution is 2.17. The summed E-state index contributed by atoms with van der Waals surface area (Å²) in [7, 11) is 0. The van der Waals surface area contributed by atoms with Gasteiger partial charge in [-0.2, -0.15) is 0 Å². The molecule has 0 N–H and O–H groups in total. The third-order valence-corrected chi connectivity index (χ3v) is 11.3. The third kappa shape index (κ3) is 43.5. The van der Waals surface area contributed by atoms with Gasteiger partial charge >= 0.3 is 17.9 Å². The summed E-state index contributed by atoms with van der Waals surface area (Å²) in [6, 6.07) is 0. The fraction of sp³-hybridized carbons (Fsp3) is 0.940. The zero-order valence-electron chi connectivity index (χ0n) is 38.1. The van der Waals surface area contributed by atoms with E-state index in [1.165, 1.54) is 173 Å². The minimum Gasteiger partial charge on any atom is -0.462 e. The van der Waals surface area contributed by atoms with Gasteiger partial charge in [0, 0.05) is 19.3 Å². The van der Waals surface area contributed by atoms with E-state index in [1.807, 2.05) is 0 Å². The third-order valence-electron chi connectivity index (χ3n) is 11.3. The van der Waals surface area contributed by atoms with Crippen LogP contribution in [0.15, 0.2) is 0 Å². The monoisotopic (exact) mass is 793 g/mol. The molecule has 0 aromatic heterocycles. The van der Waals surface area contributed by atoms with Gasteiger partial charge in [0.1, 0.15) is 13.2 Å². The van der Waals surface area contributed by atoms with Crippen molar-refractivity contribution in [1.29, 1.82) is 0 Å². The first-order valence-corrected chi connectivity index (χ1v) is 24.9. The Bertz CT molecular complexity index is 841. The van der Waals surface area contributed by atoms with Crippen LogP contribution in [0.4, 0.5) is 0 Å². The molecule has 0 saturated carbocycles. The number of ether oxygens (including phenoxy) is 3. The van der Waals surface area contributed by atoms with Crippen LogP contribution in [0.2, 0.25) is 0 Å². The summed E-state index contributed by atoms with van der Waals surface area (Å²) in [5.41, 5.74) is 0. The van der Waals surface area contributed by atoms with Gasteiger partial charge in [0.15, 0.2) is 6.10 Å². The maximum absolute atomic E-state index is 12.7. The van der Waals surface area contributed by atoms with Crippen molar-refractivity contribution in [3.63, 3.8) is 0 Å². The summed E-state index contributed by atoms with van der Waals surface area (Å²) in [6.45, 7) is 9.01. The summed E-state index contributed by atoms with van der Waals surface area (Å²) in [4.78, 5) is 37.8. The van der Waals surface area contributed by atoms with Crippen molar-refractivity contribution >= 4 is 17.9 Å². The molecule has 0 fully saturated rings. The van der Waals surface area contributed by atoms with Crippen LogP contribution in [-0.2, 0) is 28.6 Å². The molecular weight excluding hydrogens is 697 g/mol. The fourth-order valence-corrected chi connectivity index (χ4v) is 7.51. The van der Waals surface area contributed by atoms with Crippen molar-refractivity contribution in [3.05, 3.63) is 0 Å². The van der Waals surface area contributed by atoms with E-state index in [0.717, 1.165) is 63.7 Å². The number of carbonyl (C=O) groups excluding carboxylic acids is 3. The van der Waals surface area contributed by atoms with Crippen LogP contribution < -0.4 is 0 Å². The van der Waals surface area contributed by atoms with Crippen molar-refractivity contribution in [2.75, 3.05) is 13.2 Å². The van der Waals surface area contributed by atoms with Crippen molar-refractivity contribution in [2.45, 2.75) is 284 Å². The largest absolute Gasteiger partial charge is 0.462 e. The van der Waals surface area contributed by atoms with E-state index in [9.17, 15) is 14.4 Å². The first kappa shape index (κ1) is 54.4. The molecule has 0 aromatic rings. The lowest BCUT2D eigenvalue weighted by atomic mass is 10.0. The molecule has 0 unspecified atom stereocenters. The molecule has 332 valence electrons. The second-order valence-corrected chi connectivity index (χ2v) is 17.6. The van der Waals surface area contributed by atoms with Crippen molar-refractivity contribution in [2.24, 2.45) is 5.92 Å². The Labute approximate surface area is 348 Å². The van der Waals surface area contributed by atoms with E-state index >= 15 is 0 Å². The molecule has 6 heteroatoms. The first-order chi connectivity index (χ1) is 27.4. The molecule has 0 bridgehead atoms. The van der Waals surface area contributed by atoms with E-state index in [0.29, 0.717) is 19.3 Å². The lowest BCUT2D eigenvalue weighted by molar-refractivity contribution is -0.167. The molecular formula is C50H96O6. The van der Waals surface area contributed by atoms with Crippen LogP contribution in [0.1, 0.15) is 278 Å². The van der Waals surface area contributed by atoms with Crippen LogP contribution in [-0.4, -0.2) is 37.2 Å². The summed E-state index contributed by atoms with van der Waals surface area (Å²) in [5.74, 6) is -0.0207. The van der Waals surface area contributed by atoms with Crippen molar-refractivity contribution < 1.29 is 28.6 Å². The molecule has 56 heavy (non-hydrogen) atoms. The normalized spacial score (nSPS) is 11.9. The number of rotatable bonds is 45. The van der Waals surface area contributed by atoms with Gasteiger partial charge in [-0.25, -0.2) is 0 Å². The van der Waals surface area contributed by atoms with Crippen LogP contribution in [0.25, 0.3) is 0 Å². The molecule has 0 aliphatic heterocycles. The topological polar surface area (TPSA) is 78.9 Å². The van der Waals surface area contributed by atoms with Gasteiger partial charge in [-0.1, -0.05) is 240 Å². The maximum atomic E-state index is 12.7. The van der Waals surface area contributed by atoms with Gasteiger partial charge in [0.2, 0.25) is 0 Å². The predicted molar refractivity (Wildman–Crippen MR) is 238 cm³/mol. The predicted octanol–water partition coefficient (Wildman–Crippen LogP) is 15.9. The highest BCUT2D eigenvalue weighted by Gasteiger charge is 2.19. The Morgan fingerprint density at radius 2 is 0.589 bits per heavy atom. The van der Waals surface area contributed by atoms with Crippen molar-refractivity contribution in [1.82, 2.24) is 0 Å².